The van der Waals surface area contributed by atoms with Gasteiger partial charge in [0.2, 0.25) is 0 Å². The standard InChI is InChI=1S/C26H44O4/c1-8-9-10-11-12-13-14-17-29-30-23(27)16-15-20-18-21(25(2,3)4)24(28)22(19-20)26(5,6)7/h18-19,28H,8-17H2,1-7H3. The lowest BCUT2D eigenvalue weighted by molar-refractivity contribution is -0.272. The average Bonchev–Trinajstić information content (AvgIpc) is 2.64. The summed E-state index contributed by atoms with van der Waals surface area (Å²) in [6, 6.07) is 4.02. The highest BCUT2D eigenvalue weighted by Gasteiger charge is 2.26. The minimum Gasteiger partial charge on any atom is -0.507 e. The van der Waals surface area contributed by atoms with Gasteiger partial charge in [0.05, 0.1) is 13.0 Å². The summed E-state index contributed by atoms with van der Waals surface area (Å²) in [6.07, 6.45) is 9.21. The Morgan fingerprint density at radius 1 is 0.867 bits per heavy atom. The molecule has 4 nitrogen and oxygen atoms in total. The molecule has 1 rings (SSSR count). The molecule has 0 aliphatic rings. The van der Waals surface area contributed by atoms with Crippen LogP contribution in [0.15, 0.2) is 12.1 Å². The van der Waals surface area contributed by atoms with E-state index in [-0.39, 0.29) is 23.2 Å². The normalized spacial score (nSPS) is 12.2. The fourth-order valence-corrected chi connectivity index (χ4v) is 3.50. The molecule has 0 unspecified atom stereocenters. The fourth-order valence-electron chi connectivity index (χ4n) is 3.50. The molecule has 0 radical (unpaired) electrons. The molecule has 1 aromatic rings. The number of unbranched alkanes of at least 4 members (excludes halogenated alkanes) is 6. The van der Waals surface area contributed by atoms with Gasteiger partial charge in [-0.1, -0.05) is 99.1 Å². The maximum atomic E-state index is 12.1. The van der Waals surface area contributed by atoms with Gasteiger partial charge in [-0.15, -0.1) is 0 Å². The smallest absolute Gasteiger partial charge is 0.342 e. The van der Waals surface area contributed by atoms with Crippen LogP contribution in [0.2, 0.25) is 0 Å². The zero-order valence-corrected chi connectivity index (χ0v) is 20.4. The third kappa shape index (κ3) is 9.51. The van der Waals surface area contributed by atoms with Gasteiger partial charge in [0.15, 0.2) is 0 Å². The Morgan fingerprint density at radius 2 is 1.37 bits per heavy atom. The third-order valence-corrected chi connectivity index (χ3v) is 5.39. The molecule has 0 aliphatic carbocycles. The summed E-state index contributed by atoms with van der Waals surface area (Å²) in [5.74, 6) is 0.0139. The van der Waals surface area contributed by atoms with Crippen LogP contribution in [0.5, 0.6) is 5.75 Å². The van der Waals surface area contributed by atoms with Gasteiger partial charge in [0.25, 0.3) is 0 Å². The van der Waals surface area contributed by atoms with E-state index in [1.54, 1.807) is 0 Å². The van der Waals surface area contributed by atoms with Crippen molar-refractivity contribution in [1.82, 2.24) is 0 Å². The lowest BCUT2D eigenvalue weighted by Crippen LogP contribution is -2.18. The van der Waals surface area contributed by atoms with Crippen LogP contribution in [0.4, 0.5) is 0 Å². The van der Waals surface area contributed by atoms with E-state index < -0.39 is 0 Å². The van der Waals surface area contributed by atoms with E-state index in [1.165, 1.54) is 32.1 Å². The molecule has 0 heterocycles. The van der Waals surface area contributed by atoms with Crippen LogP contribution in [-0.2, 0) is 31.8 Å². The van der Waals surface area contributed by atoms with Crippen molar-refractivity contribution >= 4 is 5.97 Å². The minimum absolute atomic E-state index is 0.180. The molecule has 0 fully saturated rings. The fraction of sp³-hybridized carbons (Fsp3) is 0.731. The Kier molecular flexibility index (Phi) is 10.9. The lowest BCUT2D eigenvalue weighted by atomic mass is 9.78. The predicted octanol–water partition coefficient (Wildman–Crippen LogP) is 7.15. The summed E-state index contributed by atoms with van der Waals surface area (Å²) < 4.78 is 0. The number of aryl methyl sites for hydroxylation is 1. The maximum absolute atomic E-state index is 12.1. The summed E-state index contributed by atoms with van der Waals surface area (Å²) in [6.45, 7) is 15.2. The maximum Gasteiger partial charge on any atom is 0.342 e. The first-order valence-electron chi connectivity index (χ1n) is 11.7. The van der Waals surface area contributed by atoms with Crippen molar-refractivity contribution in [1.29, 1.82) is 0 Å². The number of phenolic OH excluding ortho intramolecular Hbond substituents is 1. The Labute approximate surface area is 184 Å². The molecule has 0 bridgehead atoms. The highest BCUT2D eigenvalue weighted by molar-refractivity contribution is 5.69. The molecule has 0 aromatic heterocycles. The molecule has 0 spiro atoms. The van der Waals surface area contributed by atoms with Crippen LogP contribution in [0.25, 0.3) is 0 Å². The Balaban J connectivity index is 2.51. The zero-order valence-electron chi connectivity index (χ0n) is 20.4. The van der Waals surface area contributed by atoms with Gasteiger partial charge < -0.3 is 5.11 Å². The van der Waals surface area contributed by atoms with Crippen molar-refractivity contribution in [2.45, 2.75) is 117 Å². The summed E-state index contributed by atoms with van der Waals surface area (Å²) in [7, 11) is 0. The summed E-state index contributed by atoms with van der Waals surface area (Å²) in [5, 5.41) is 10.8. The highest BCUT2D eigenvalue weighted by atomic mass is 17.2. The van der Waals surface area contributed by atoms with E-state index in [9.17, 15) is 9.90 Å². The van der Waals surface area contributed by atoms with E-state index in [2.05, 4.69) is 48.5 Å². The number of phenols is 1. The van der Waals surface area contributed by atoms with Gasteiger partial charge >= 0.3 is 5.97 Å². The number of carbonyl (C=O) groups is 1. The summed E-state index contributed by atoms with van der Waals surface area (Å²) in [4.78, 5) is 22.1. The topological polar surface area (TPSA) is 55.8 Å². The van der Waals surface area contributed by atoms with E-state index in [0.29, 0.717) is 18.8 Å². The van der Waals surface area contributed by atoms with E-state index >= 15 is 0 Å². The van der Waals surface area contributed by atoms with Crippen LogP contribution in [0.1, 0.15) is 117 Å². The number of rotatable bonds is 12. The number of hydrogen-bond donors (Lipinski definition) is 1. The van der Waals surface area contributed by atoms with Gasteiger partial charge in [-0.25, -0.2) is 4.79 Å². The third-order valence-electron chi connectivity index (χ3n) is 5.39. The van der Waals surface area contributed by atoms with Crippen molar-refractivity contribution in [3.8, 4) is 5.75 Å². The SMILES string of the molecule is CCCCCCCCCOOC(=O)CCc1cc(C(C)(C)C)c(O)c(C(C)(C)C)c1. The second-order valence-electron chi connectivity index (χ2n) is 10.4. The number of carbonyl (C=O) groups excluding carboxylic acids is 1. The first-order chi connectivity index (χ1) is 14.0. The van der Waals surface area contributed by atoms with Crippen molar-refractivity contribution < 1.29 is 19.7 Å². The van der Waals surface area contributed by atoms with Crippen LogP contribution >= 0.6 is 0 Å². The molecule has 1 aromatic carbocycles. The minimum atomic E-state index is -0.347. The van der Waals surface area contributed by atoms with E-state index in [0.717, 1.165) is 29.5 Å². The van der Waals surface area contributed by atoms with Gasteiger partial charge in [0, 0.05) is 0 Å². The van der Waals surface area contributed by atoms with Crippen molar-refractivity contribution in [2.75, 3.05) is 6.61 Å². The predicted molar refractivity (Wildman–Crippen MR) is 124 cm³/mol. The lowest BCUT2D eigenvalue weighted by Gasteiger charge is -2.28. The van der Waals surface area contributed by atoms with E-state index in [1.807, 2.05) is 12.1 Å². The Bertz CT molecular complexity index is 615. The number of benzene rings is 1. The van der Waals surface area contributed by atoms with Crippen molar-refractivity contribution in [2.24, 2.45) is 0 Å². The molecular weight excluding hydrogens is 376 g/mol. The summed E-state index contributed by atoms with van der Waals surface area (Å²) in [5.41, 5.74) is 2.49. The van der Waals surface area contributed by atoms with Crippen LogP contribution in [-0.4, -0.2) is 17.7 Å². The van der Waals surface area contributed by atoms with Crippen molar-refractivity contribution in [3.63, 3.8) is 0 Å². The quantitative estimate of drug-likeness (QED) is 0.222. The molecule has 1 N–H and O–H groups in total. The Morgan fingerprint density at radius 3 is 1.87 bits per heavy atom. The first kappa shape index (κ1) is 26.5. The van der Waals surface area contributed by atoms with E-state index in [4.69, 9.17) is 9.78 Å². The van der Waals surface area contributed by atoms with Gasteiger partial charge in [-0.2, -0.15) is 4.89 Å². The average molecular weight is 421 g/mol. The zero-order chi connectivity index (χ0) is 22.8. The molecular formula is C26H44O4. The molecule has 0 amide bonds. The summed E-state index contributed by atoms with van der Waals surface area (Å²) >= 11 is 0. The van der Waals surface area contributed by atoms with Crippen LogP contribution in [0.3, 0.4) is 0 Å². The van der Waals surface area contributed by atoms with Crippen LogP contribution < -0.4 is 0 Å². The Hall–Kier alpha value is -1.55. The van der Waals surface area contributed by atoms with Crippen LogP contribution in [0, 0.1) is 0 Å². The second-order valence-corrected chi connectivity index (χ2v) is 10.4. The van der Waals surface area contributed by atoms with Gasteiger partial charge in [-0.3, -0.25) is 4.89 Å². The first-order valence-corrected chi connectivity index (χ1v) is 11.7. The molecule has 4 heteroatoms. The largest absolute Gasteiger partial charge is 0.507 e. The molecule has 0 saturated heterocycles. The molecule has 30 heavy (non-hydrogen) atoms. The molecule has 0 saturated carbocycles. The monoisotopic (exact) mass is 420 g/mol. The second kappa shape index (κ2) is 12.3. The highest BCUT2D eigenvalue weighted by Crippen LogP contribution is 2.40. The number of aromatic hydroxyl groups is 1. The van der Waals surface area contributed by atoms with Crippen molar-refractivity contribution in [3.05, 3.63) is 28.8 Å². The van der Waals surface area contributed by atoms with Gasteiger partial charge in [-0.05, 0) is 40.4 Å². The van der Waals surface area contributed by atoms with Gasteiger partial charge in [0.1, 0.15) is 5.75 Å². The molecule has 172 valence electrons. The number of hydrogen-bond acceptors (Lipinski definition) is 4. The molecule has 0 aliphatic heterocycles. The molecule has 0 atom stereocenters.